The third-order valence-corrected chi connectivity index (χ3v) is 3.31. The van der Waals surface area contributed by atoms with Crippen LogP contribution in [0.2, 0.25) is 0 Å². The second-order valence-electron chi connectivity index (χ2n) is 4.95. The van der Waals surface area contributed by atoms with Gasteiger partial charge in [-0.05, 0) is 29.7 Å². The van der Waals surface area contributed by atoms with E-state index in [9.17, 15) is 23.3 Å². The van der Waals surface area contributed by atoms with Crippen molar-refractivity contribution < 1.29 is 18.1 Å². The molecule has 5 nitrogen and oxygen atoms in total. The van der Waals surface area contributed by atoms with Crippen LogP contribution in [0.25, 0.3) is 0 Å². The van der Waals surface area contributed by atoms with Gasteiger partial charge >= 0.3 is 6.18 Å². The molecule has 0 heterocycles. The van der Waals surface area contributed by atoms with Crippen molar-refractivity contribution in [3.05, 3.63) is 69.3 Å². The van der Waals surface area contributed by atoms with E-state index < -0.39 is 22.4 Å². The van der Waals surface area contributed by atoms with E-state index in [0.717, 1.165) is 29.7 Å². The molecule has 0 atom stereocenters. The molecule has 0 spiro atoms. The van der Waals surface area contributed by atoms with Gasteiger partial charge in [0, 0.05) is 6.07 Å². The minimum Gasteiger partial charge on any atom is -0.272 e. The molecule has 2 aromatic rings. The Bertz CT molecular complexity index is 756. The molecule has 2 rings (SSSR count). The van der Waals surface area contributed by atoms with Crippen LogP contribution in [0.3, 0.4) is 0 Å². The SMILES string of the molecule is CCc1ccc(C=NNc2ccc(C(F)(F)F)cc2[N+](=O)[O-])cc1. The summed E-state index contributed by atoms with van der Waals surface area (Å²) in [7, 11) is 0. The minimum absolute atomic E-state index is 0.116. The maximum absolute atomic E-state index is 12.6. The zero-order chi connectivity index (χ0) is 17.7. The first-order chi connectivity index (χ1) is 11.3. The van der Waals surface area contributed by atoms with Crippen LogP contribution in [-0.4, -0.2) is 11.1 Å². The average molecular weight is 337 g/mol. The van der Waals surface area contributed by atoms with E-state index in [2.05, 4.69) is 10.5 Å². The standard InChI is InChI=1S/C16H14F3N3O2/c1-2-11-3-5-12(6-4-11)10-20-21-14-8-7-13(16(17,18)19)9-15(14)22(23)24/h3-10,21H,2H2,1H3. The molecule has 0 aliphatic carbocycles. The molecule has 126 valence electrons. The highest BCUT2D eigenvalue weighted by molar-refractivity contribution is 5.80. The van der Waals surface area contributed by atoms with Crippen LogP contribution in [-0.2, 0) is 12.6 Å². The van der Waals surface area contributed by atoms with E-state index in [1.54, 1.807) is 0 Å². The number of aryl methyl sites for hydroxylation is 1. The lowest BCUT2D eigenvalue weighted by Crippen LogP contribution is -2.06. The van der Waals surface area contributed by atoms with Crippen molar-refractivity contribution in [3.8, 4) is 0 Å². The molecule has 8 heteroatoms. The van der Waals surface area contributed by atoms with Gasteiger partial charge < -0.3 is 0 Å². The van der Waals surface area contributed by atoms with Crippen molar-refractivity contribution in [2.24, 2.45) is 5.10 Å². The molecule has 0 amide bonds. The lowest BCUT2D eigenvalue weighted by molar-refractivity contribution is -0.384. The van der Waals surface area contributed by atoms with Gasteiger partial charge in [0.1, 0.15) is 5.69 Å². The zero-order valence-electron chi connectivity index (χ0n) is 12.7. The van der Waals surface area contributed by atoms with Crippen LogP contribution < -0.4 is 5.43 Å². The van der Waals surface area contributed by atoms with Gasteiger partial charge in [-0.2, -0.15) is 18.3 Å². The number of nitrogens with one attached hydrogen (secondary N) is 1. The summed E-state index contributed by atoms with van der Waals surface area (Å²) in [6.07, 6.45) is -2.32. The fourth-order valence-electron chi connectivity index (χ4n) is 1.97. The Labute approximate surface area is 136 Å². The highest BCUT2D eigenvalue weighted by Gasteiger charge is 2.33. The number of nitro benzene ring substituents is 1. The maximum Gasteiger partial charge on any atom is 0.416 e. The van der Waals surface area contributed by atoms with Crippen LogP contribution >= 0.6 is 0 Å². The molecule has 0 aliphatic heterocycles. The van der Waals surface area contributed by atoms with E-state index in [1.807, 2.05) is 31.2 Å². The second-order valence-corrected chi connectivity index (χ2v) is 4.95. The molecule has 24 heavy (non-hydrogen) atoms. The van der Waals surface area contributed by atoms with Crippen LogP contribution in [0, 0.1) is 10.1 Å². The Morgan fingerprint density at radius 3 is 2.42 bits per heavy atom. The molecule has 0 fully saturated rings. The fraction of sp³-hybridized carbons (Fsp3) is 0.188. The summed E-state index contributed by atoms with van der Waals surface area (Å²) in [4.78, 5) is 10.1. The van der Waals surface area contributed by atoms with Crippen LogP contribution in [0.15, 0.2) is 47.6 Å². The summed E-state index contributed by atoms with van der Waals surface area (Å²) in [5.74, 6) is 0. The van der Waals surface area contributed by atoms with Gasteiger partial charge in [0.25, 0.3) is 5.69 Å². The number of hydrogen-bond donors (Lipinski definition) is 1. The Balaban J connectivity index is 2.19. The number of benzene rings is 2. The van der Waals surface area contributed by atoms with Gasteiger partial charge in [-0.3, -0.25) is 15.5 Å². The highest BCUT2D eigenvalue weighted by Crippen LogP contribution is 2.34. The number of hydrazone groups is 1. The maximum atomic E-state index is 12.6. The summed E-state index contributed by atoms with van der Waals surface area (Å²) >= 11 is 0. The van der Waals surface area contributed by atoms with Crippen LogP contribution in [0.5, 0.6) is 0 Å². The van der Waals surface area contributed by atoms with Crippen LogP contribution in [0.1, 0.15) is 23.6 Å². The number of nitrogens with zero attached hydrogens (tertiary/aromatic N) is 2. The van der Waals surface area contributed by atoms with E-state index >= 15 is 0 Å². The molecule has 0 saturated carbocycles. The van der Waals surface area contributed by atoms with Gasteiger partial charge in [0.2, 0.25) is 0 Å². The first kappa shape index (κ1) is 17.5. The molecule has 0 unspecified atom stereocenters. The number of nitro groups is 1. The molecule has 0 aliphatic rings. The molecular formula is C16H14F3N3O2. The minimum atomic E-state index is -4.65. The van der Waals surface area contributed by atoms with E-state index in [0.29, 0.717) is 6.07 Å². The van der Waals surface area contributed by atoms with Crippen molar-refractivity contribution in [3.63, 3.8) is 0 Å². The normalized spacial score (nSPS) is 11.7. The average Bonchev–Trinajstić information content (AvgIpc) is 2.54. The number of anilines is 1. The van der Waals surface area contributed by atoms with Gasteiger partial charge in [-0.1, -0.05) is 31.2 Å². The smallest absolute Gasteiger partial charge is 0.272 e. The van der Waals surface area contributed by atoms with Crippen molar-refractivity contribution in [2.45, 2.75) is 19.5 Å². The highest BCUT2D eigenvalue weighted by atomic mass is 19.4. The Morgan fingerprint density at radius 2 is 1.88 bits per heavy atom. The van der Waals surface area contributed by atoms with E-state index in [4.69, 9.17) is 0 Å². The largest absolute Gasteiger partial charge is 0.416 e. The summed E-state index contributed by atoms with van der Waals surface area (Å²) in [5.41, 5.74) is 2.43. The number of halogens is 3. The Hall–Kier alpha value is -2.90. The topological polar surface area (TPSA) is 67.5 Å². The zero-order valence-corrected chi connectivity index (χ0v) is 12.7. The lowest BCUT2D eigenvalue weighted by atomic mass is 10.1. The Morgan fingerprint density at radius 1 is 1.21 bits per heavy atom. The summed E-state index contributed by atoms with van der Waals surface area (Å²) < 4.78 is 37.9. The monoisotopic (exact) mass is 337 g/mol. The molecule has 0 aromatic heterocycles. The molecule has 2 aromatic carbocycles. The van der Waals surface area contributed by atoms with E-state index in [1.165, 1.54) is 6.21 Å². The summed E-state index contributed by atoms with van der Waals surface area (Å²) in [6, 6.07) is 9.72. The third-order valence-electron chi connectivity index (χ3n) is 3.31. The lowest BCUT2D eigenvalue weighted by Gasteiger charge is -2.08. The van der Waals surface area contributed by atoms with Crippen molar-refractivity contribution in [1.29, 1.82) is 0 Å². The molecule has 0 radical (unpaired) electrons. The Kier molecular flexibility index (Phi) is 5.18. The number of hydrogen-bond acceptors (Lipinski definition) is 4. The summed E-state index contributed by atoms with van der Waals surface area (Å²) in [6.45, 7) is 2.02. The first-order valence-electron chi connectivity index (χ1n) is 7.05. The fourth-order valence-corrected chi connectivity index (χ4v) is 1.97. The predicted molar refractivity (Wildman–Crippen MR) is 85.1 cm³/mol. The predicted octanol–water partition coefficient (Wildman–Crippen LogP) is 4.62. The van der Waals surface area contributed by atoms with Crippen molar-refractivity contribution in [1.82, 2.24) is 0 Å². The third kappa shape index (κ3) is 4.31. The van der Waals surface area contributed by atoms with Gasteiger partial charge in [-0.25, -0.2) is 0 Å². The van der Waals surface area contributed by atoms with E-state index in [-0.39, 0.29) is 5.69 Å². The van der Waals surface area contributed by atoms with Gasteiger partial charge in [0.05, 0.1) is 16.7 Å². The molecule has 1 N–H and O–H groups in total. The summed E-state index contributed by atoms with van der Waals surface area (Å²) in [5, 5.41) is 14.8. The van der Waals surface area contributed by atoms with Crippen LogP contribution in [0.4, 0.5) is 24.5 Å². The van der Waals surface area contributed by atoms with Crippen molar-refractivity contribution >= 4 is 17.6 Å². The number of alkyl halides is 3. The molecule has 0 bridgehead atoms. The molecule has 0 saturated heterocycles. The van der Waals surface area contributed by atoms with Crippen molar-refractivity contribution in [2.75, 3.05) is 5.43 Å². The first-order valence-corrected chi connectivity index (χ1v) is 7.05. The molecular weight excluding hydrogens is 323 g/mol. The number of rotatable bonds is 5. The quantitative estimate of drug-likeness (QED) is 0.492. The van der Waals surface area contributed by atoms with Gasteiger partial charge in [-0.15, -0.1) is 0 Å². The second kappa shape index (κ2) is 7.12. The van der Waals surface area contributed by atoms with Gasteiger partial charge in [0.15, 0.2) is 0 Å².